The highest BCUT2D eigenvalue weighted by atomic mass is 16.7. The average molecular weight is 370 g/mol. The third-order valence-corrected chi connectivity index (χ3v) is 5.12. The zero-order valence-electron chi connectivity index (χ0n) is 15.8. The van der Waals surface area contributed by atoms with Crippen LogP contribution in [0.15, 0.2) is 23.3 Å². The molecular formula is C19H30O7. The van der Waals surface area contributed by atoms with E-state index in [2.05, 4.69) is 13.8 Å². The Hall–Kier alpha value is -1.09. The van der Waals surface area contributed by atoms with E-state index >= 15 is 0 Å². The lowest BCUT2D eigenvalue weighted by molar-refractivity contribution is -0.312. The predicted molar refractivity (Wildman–Crippen MR) is 94.2 cm³/mol. The second kappa shape index (κ2) is 8.29. The largest absolute Gasteiger partial charge is 0.394 e. The molecule has 0 aromatic heterocycles. The van der Waals surface area contributed by atoms with Crippen molar-refractivity contribution in [1.29, 1.82) is 0 Å². The quantitative estimate of drug-likeness (QED) is 0.519. The summed E-state index contributed by atoms with van der Waals surface area (Å²) >= 11 is 0. The van der Waals surface area contributed by atoms with Crippen molar-refractivity contribution in [3.05, 3.63) is 23.3 Å². The van der Waals surface area contributed by atoms with Crippen molar-refractivity contribution < 1.29 is 34.7 Å². The Morgan fingerprint density at radius 1 is 1.27 bits per heavy atom. The second-order valence-corrected chi connectivity index (χ2v) is 7.89. The van der Waals surface area contributed by atoms with Crippen LogP contribution in [0.1, 0.15) is 40.5 Å². The zero-order valence-corrected chi connectivity index (χ0v) is 15.8. The van der Waals surface area contributed by atoms with Crippen molar-refractivity contribution in [2.75, 3.05) is 6.61 Å². The van der Waals surface area contributed by atoms with E-state index in [1.807, 2.05) is 13.0 Å². The van der Waals surface area contributed by atoms with E-state index in [1.165, 1.54) is 6.92 Å². The summed E-state index contributed by atoms with van der Waals surface area (Å²) in [5.41, 5.74) is 1.92. The molecule has 0 spiro atoms. The SMILES string of the molecule is CC(=O)C=CC1=C(C)C[C@@H](O[C@@H]2O[C@H](CO)[C@@H](O)[C@H](O)[C@H]2O)CC1(C)C. The van der Waals surface area contributed by atoms with Gasteiger partial charge >= 0.3 is 0 Å². The highest BCUT2D eigenvalue weighted by Gasteiger charge is 2.45. The summed E-state index contributed by atoms with van der Waals surface area (Å²) < 4.78 is 11.3. The van der Waals surface area contributed by atoms with Crippen LogP contribution in [0.5, 0.6) is 0 Å². The summed E-state index contributed by atoms with van der Waals surface area (Å²) in [5, 5.41) is 39.2. The van der Waals surface area contributed by atoms with Crippen LogP contribution in [0.3, 0.4) is 0 Å². The van der Waals surface area contributed by atoms with E-state index in [9.17, 15) is 25.2 Å². The lowest BCUT2D eigenvalue weighted by atomic mass is 9.71. The van der Waals surface area contributed by atoms with Crippen LogP contribution in [0.25, 0.3) is 0 Å². The van der Waals surface area contributed by atoms with Crippen LogP contribution in [0.2, 0.25) is 0 Å². The van der Waals surface area contributed by atoms with Gasteiger partial charge in [0, 0.05) is 0 Å². The van der Waals surface area contributed by atoms with Gasteiger partial charge in [0.25, 0.3) is 0 Å². The highest BCUT2D eigenvalue weighted by molar-refractivity contribution is 5.87. The molecule has 2 aliphatic rings. The first-order valence-corrected chi connectivity index (χ1v) is 8.91. The van der Waals surface area contributed by atoms with E-state index in [4.69, 9.17) is 9.47 Å². The minimum Gasteiger partial charge on any atom is -0.394 e. The van der Waals surface area contributed by atoms with E-state index in [0.29, 0.717) is 12.8 Å². The van der Waals surface area contributed by atoms with Crippen LogP contribution < -0.4 is 0 Å². The average Bonchev–Trinajstić information content (AvgIpc) is 2.53. The van der Waals surface area contributed by atoms with Gasteiger partial charge in [-0.15, -0.1) is 0 Å². The number of carbonyl (C=O) groups excluding carboxylic acids is 1. The minimum absolute atomic E-state index is 0.0132. The Balaban J connectivity index is 2.13. The molecule has 0 unspecified atom stereocenters. The molecule has 26 heavy (non-hydrogen) atoms. The summed E-state index contributed by atoms with van der Waals surface area (Å²) in [6.07, 6.45) is -2.00. The molecule has 1 saturated heterocycles. The van der Waals surface area contributed by atoms with Crippen molar-refractivity contribution in [2.45, 2.75) is 77.3 Å². The molecule has 2 rings (SSSR count). The number of ketones is 1. The fourth-order valence-corrected chi connectivity index (χ4v) is 3.81. The first kappa shape index (κ1) is 21.2. The first-order chi connectivity index (χ1) is 12.1. The number of rotatable bonds is 5. The lowest BCUT2D eigenvalue weighted by Gasteiger charge is -2.43. The molecule has 0 saturated carbocycles. The highest BCUT2D eigenvalue weighted by Crippen LogP contribution is 2.42. The van der Waals surface area contributed by atoms with Crippen LogP contribution in [0, 0.1) is 5.41 Å². The molecule has 6 atom stereocenters. The van der Waals surface area contributed by atoms with Crippen molar-refractivity contribution >= 4 is 5.78 Å². The van der Waals surface area contributed by atoms with Gasteiger partial charge < -0.3 is 29.9 Å². The van der Waals surface area contributed by atoms with Gasteiger partial charge in [-0.3, -0.25) is 4.79 Å². The Kier molecular flexibility index (Phi) is 6.76. The molecule has 0 amide bonds. The summed E-state index contributed by atoms with van der Waals surface area (Å²) in [6, 6.07) is 0. The molecule has 7 heteroatoms. The molecule has 0 aromatic carbocycles. The monoisotopic (exact) mass is 370 g/mol. The number of ether oxygens (including phenoxy) is 2. The van der Waals surface area contributed by atoms with Gasteiger partial charge in [-0.1, -0.05) is 25.5 Å². The lowest BCUT2D eigenvalue weighted by Crippen LogP contribution is -2.59. The van der Waals surface area contributed by atoms with Crippen molar-refractivity contribution in [3.63, 3.8) is 0 Å². The molecule has 0 bridgehead atoms. The number of carbonyl (C=O) groups is 1. The number of hydrogen-bond donors (Lipinski definition) is 4. The molecule has 1 aliphatic carbocycles. The van der Waals surface area contributed by atoms with Gasteiger partial charge in [-0.05, 0) is 43.8 Å². The maximum atomic E-state index is 11.2. The Labute approximate surface area is 153 Å². The van der Waals surface area contributed by atoms with Crippen molar-refractivity contribution in [3.8, 4) is 0 Å². The van der Waals surface area contributed by atoms with Gasteiger partial charge in [-0.2, -0.15) is 0 Å². The fraction of sp³-hybridized carbons (Fsp3) is 0.737. The molecule has 0 aromatic rings. The van der Waals surface area contributed by atoms with E-state index in [0.717, 1.165) is 11.1 Å². The van der Waals surface area contributed by atoms with Crippen molar-refractivity contribution in [1.82, 2.24) is 0 Å². The molecular weight excluding hydrogens is 340 g/mol. The van der Waals surface area contributed by atoms with E-state index in [1.54, 1.807) is 6.08 Å². The van der Waals surface area contributed by atoms with Crippen LogP contribution in [0.4, 0.5) is 0 Å². The number of hydrogen-bond acceptors (Lipinski definition) is 7. The number of allylic oxidation sites excluding steroid dienone is 3. The smallest absolute Gasteiger partial charge is 0.186 e. The standard InChI is InChI=1S/C19H30O7/c1-10-7-12(8-19(3,4)13(10)6-5-11(2)21)25-18-17(24)16(23)15(22)14(9-20)26-18/h5-6,12,14-18,20,22-24H,7-9H2,1-4H3/t12-,14-,15-,16+,17-,18-/m1/s1. The Morgan fingerprint density at radius 2 is 1.92 bits per heavy atom. The van der Waals surface area contributed by atoms with Gasteiger partial charge in [0.15, 0.2) is 12.1 Å². The third kappa shape index (κ3) is 4.60. The summed E-state index contributed by atoms with van der Waals surface area (Å²) in [4.78, 5) is 11.2. The molecule has 1 heterocycles. The molecule has 7 nitrogen and oxygen atoms in total. The molecule has 1 fully saturated rings. The third-order valence-electron chi connectivity index (χ3n) is 5.12. The van der Waals surface area contributed by atoms with Crippen LogP contribution in [-0.2, 0) is 14.3 Å². The first-order valence-electron chi connectivity index (χ1n) is 8.91. The molecule has 4 N–H and O–H groups in total. The summed E-state index contributed by atoms with van der Waals surface area (Å²) in [6.45, 7) is 7.11. The molecule has 148 valence electrons. The summed E-state index contributed by atoms with van der Waals surface area (Å²) in [5.74, 6) is -0.0132. The van der Waals surface area contributed by atoms with Gasteiger partial charge in [0.1, 0.15) is 24.4 Å². The maximum Gasteiger partial charge on any atom is 0.186 e. The van der Waals surface area contributed by atoms with Gasteiger partial charge in [-0.25, -0.2) is 0 Å². The fourth-order valence-electron chi connectivity index (χ4n) is 3.81. The molecule has 0 radical (unpaired) electrons. The van der Waals surface area contributed by atoms with Gasteiger partial charge in [0.2, 0.25) is 0 Å². The van der Waals surface area contributed by atoms with Crippen LogP contribution >= 0.6 is 0 Å². The van der Waals surface area contributed by atoms with Gasteiger partial charge in [0.05, 0.1) is 12.7 Å². The molecule has 1 aliphatic heterocycles. The second-order valence-electron chi connectivity index (χ2n) is 7.89. The Morgan fingerprint density at radius 3 is 2.46 bits per heavy atom. The minimum atomic E-state index is -1.45. The van der Waals surface area contributed by atoms with E-state index in [-0.39, 0.29) is 17.3 Å². The summed E-state index contributed by atoms with van der Waals surface area (Å²) in [7, 11) is 0. The number of aliphatic hydroxyl groups is 4. The predicted octanol–water partition coefficient (Wildman–Crippen LogP) is 0.453. The maximum absolute atomic E-state index is 11.2. The normalized spacial score (nSPS) is 38.0. The van der Waals surface area contributed by atoms with E-state index < -0.39 is 37.3 Å². The van der Waals surface area contributed by atoms with Crippen LogP contribution in [-0.4, -0.2) is 69.6 Å². The van der Waals surface area contributed by atoms with Crippen molar-refractivity contribution in [2.24, 2.45) is 5.41 Å². The number of aliphatic hydroxyl groups excluding tert-OH is 4. The zero-order chi connectivity index (χ0) is 19.6. The topological polar surface area (TPSA) is 116 Å². The Bertz CT molecular complexity index is 578.